The lowest BCUT2D eigenvalue weighted by Crippen LogP contribution is -2.43. The third kappa shape index (κ3) is 3.03. The van der Waals surface area contributed by atoms with E-state index < -0.39 is 12.2 Å². The Hall–Kier alpha value is -2.28. The summed E-state index contributed by atoms with van der Waals surface area (Å²) in [5, 5.41) is 0. The number of rotatable bonds is 5. The summed E-state index contributed by atoms with van der Waals surface area (Å²) >= 11 is 0. The molecule has 0 unspecified atom stereocenters. The Bertz CT molecular complexity index is 640. The molecule has 130 valence electrons. The van der Waals surface area contributed by atoms with E-state index in [2.05, 4.69) is 10.9 Å². The number of hydrogen-bond acceptors (Lipinski definition) is 6. The first-order valence-corrected chi connectivity index (χ1v) is 8.17. The van der Waals surface area contributed by atoms with Crippen molar-refractivity contribution >= 4 is 11.9 Å². The molecular weight excluding hydrogens is 312 g/mol. The highest BCUT2D eigenvalue weighted by atomic mass is 16.6. The molecule has 7 nitrogen and oxygen atoms in total. The van der Waals surface area contributed by atoms with Gasteiger partial charge in [0.05, 0.1) is 14.2 Å². The number of carbonyl (C=O) groups is 2. The van der Waals surface area contributed by atoms with Gasteiger partial charge in [-0.2, -0.15) is 5.43 Å². The van der Waals surface area contributed by atoms with Crippen molar-refractivity contribution in [3.63, 3.8) is 0 Å². The molecule has 1 aliphatic carbocycles. The number of carbonyl (C=O) groups excluding carboxylic acids is 2. The molecule has 0 spiro atoms. The summed E-state index contributed by atoms with van der Waals surface area (Å²) in [6, 6.07) is 3.43. The molecule has 0 radical (unpaired) electrons. The van der Waals surface area contributed by atoms with Crippen LogP contribution in [0.1, 0.15) is 54.3 Å². The van der Waals surface area contributed by atoms with E-state index >= 15 is 0 Å². The number of nitrogens with one attached hydrogen (secondary N) is 2. The highest BCUT2D eigenvalue weighted by Crippen LogP contribution is 2.40. The van der Waals surface area contributed by atoms with Crippen molar-refractivity contribution in [2.75, 3.05) is 14.2 Å². The monoisotopic (exact) mass is 334 g/mol. The predicted octanol–water partition coefficient (Wildman–Crippen LogP) is 2.07. The van der Waals surface area contributed by atoms with Gasteiger partial charge >= 0.3 is 5.97 Å². The molecule has 1 aliphatic heterocycles. The van der Waals surface area contributed by atoms with Crippen molar-refractivity contribution in [1.82, 2.24) is 10.9 Å². The fraction of sp³-hybridized carbons (Fsp3) is 0.529. The zero-order valence-corrected chi connectivity index (χ0v) is 13.9. The Morgan fingerprint density at radius 1 is 1.17 bits per heavy atom. The molecule has 2 aliphatic rings. The molecule has 1 amide bonds. The van der Waals surface area contributed by atoms with E-state index in [1.54, 1.807) is 12.1 Å². The standard InChI is InChI=1S/C17H22N2O5/c1-22-12-9-8-11-13(14(12)23-2)17(21)24-16(11)19-18-15(20)10-6-4-3-5-7-10/h8-10,16,19H,3-7H2,1-2H3,(H,18,20)/t16-/m0/s1. The Morgan fingerprint density at radius 2 is 1.92 bits per heavy atom. The lowest BCUT2D eigenvalue weighted by atomic mass is 9.89. The molecule has 3 rings (SSSR count). The number of cyclic esters (lactones) is 1. The molecule has 2 N–H and O–H groups in total. The number of hydrazine groups is 1. The summed E-state index contributed by atoms with van der Waals surface area (Å²) in [6.45, 7) is 0. The lowest BCUT2D eigenvalue weighted by Gasteiger charge is -2.22. The number of benzene rings is 1. The van der Waals surface area contributed by atoms with E-state index in [0.29, 0.717) is 22.6 Å². The van der Waals surface area contributed by atoms with Crippen LogP contribution in [-0.2, 0) is 9.53 Å². The van der Waals surface area contributed by atoms with Gasteiger partial charge in [0.15, 0.2) is 17.7 Å². The number of ether oxygens (including phenoxy) is 3. The fourth-order valence-electron chi connectivity index (χ4n) is 3.31. The van der Waals surface area contributed by atoms with Gasteiger partial charge in [0, 0.05) is 11.5 Å². The summed E-state index contributed by atoms with van der Waals surface area (Å²) < 4.78 is 15.8. The first kappa shape index (κ1) is 16.6. The van der Waals surface area contributed by atoms with Crippen molar-refractivity contribution < 1.29 is 23.8 Å². The number of hydrogen-bond donors (Lipinski definition) is 2. The van der Waals surface area contributed by atoms with Crippen LogP contribution in [0.3, 0.4) is 0 Å². The topological polar surface area (TPSA) is 85.9 Å². The van der Waals surface area contributed by atoms with Gasteiger partial charge in [0.2, 0.25) is 5.91 Å². The molecule has 24 heavy (non-hydrogen) atoms. The minimum absolute atomic E-state index is 0.0215. The summed E-state index contributed by atoms with van der Waals surface area (Å²) in [4.78, 5) is 24.4. The van der Waals surface area contributed by atoms with Crippen molar-refractivity contribution in [3.8, 4) is 11.5 Å². The molecule has 1 aromatic rings. The van der Waals surface area contributed by atoms with Gasteiger partial charge in [-0.25, -0.2) is 4.79 Å². The smallest absolute Gasteiger partial charge is 0.344 e. The molecule has 0 bridgehead atoms. The van der Waals surface area contributed by atoms with Gasteiger partial charge in [0.1, 0.15) is 5.56 Å². The maximum absolute atomic E-state index is 12.2. The van der Waals surface area contributed by atoms with Gasteiger partial charge < -0.3 is 14.2 Å². The number of fused-ring (bicyclic) bond motifs is 1. The molecule has 1 aromatic carbocycles. The van der Waals surface area contributed by atoms with Gasteiger partial charge in [-0.3, -0.25) is 10.2 Å². The van der Waals surface area contributed by atoms with Crippen LogP contribution in [0.25, 0.3) is 0 Å². The first-order chi connectivity index (χ1) is 11.7. The number of esters is 1. The van der Waals surface area contributed by atoms with Crippen LogP contribution < -0.4 is 20.3 Å². The molecular formula is C17H22N2O5. The molecule has 0 aromatic heterocycles. The average molecular weight is 334 g/mol. The Kier molecular flexibility index (Phi) is 4.89. The molecule has 1 fully saturated rings. The van der Waals surface area contributed by atoms with Gasteiger partial charge in [-0.05, 0) is 25.0 Å². The molecule has 0 saturated heterocycles. The highest BCUT2D eigenvalue weighted by Gasteiger charge is 2.36. The largest absolute Gasteiger partial charge is 0.493 e. The second-order valence-electron chi connectivity index (χ2n) is 6.02. The van der Waals surface area contributed by atoms with E-state index in [9.17, 15) is 9.59 Å². The maximum atomic E-state index is 12.2. The highest BCUT2D eigenvalue weighted by molar-refractivity contribution is 5.98. The zero-order chi connectivity index (χ0) is 17.1. The van der Waals surface area contributed by atoms with Crippen molar-refractivity contribution in [2.24, 2.45) is 5.92 Å². The second-order valence-corrected chi connectivity index (χ2v) is 6.02. The third-order valence-corrected chi connectivity index (χ3v) is 4.59. The van der Waals surface area contributed by atoms with Gasteiger partial charge in [0.25, 0.3) is 0 Å². The first-order valence-electron chi connectivity index (χ1n) is 8.17. The summed E-state index contributed by atoms with van der Waals surface area (Å²) in [7, 11) is 2.97. The van der Waals surface area contributed by atoms with Crippen LogP contribution in [0.2, 0.25) is 0 Å². The van der Waals surface area contributed by atoms with Crippen molar-refractivity contribution in [1.29, 1.82) is 0 Å². The normalized spacial score (nSPS) is 20.2. The summed E-state index contributed by atoms with van der Waals surface area (Å²) in [6.07, 6.45) is 4.41. The van der Waals surface area contributed by atoms with Gasteiger partial charge in [-0.1, -0.05) is 19.3 Å². The van der Waals surface area contributed by atoms with E-state index in [4.69, 9.17) is 14.2 Å². The van der Waals surface area contributed by atoms with E-state index in [1.165, 1.54) is 20.6 Å². The minimum atomic E-state index is -0.736. The maximum Gasteiger partial charge on any atom is 0.344 e. The van der Waals surface area contributed by atoms with Crippen LogP contribution in [-0.4, -0.2) is 26.1 Å². The second kappa shape index (κ2) is 7.09. The number of methoxy groups -OCH3 is 2. The van der Waals surface area contributed by atoms with Crippen LogP contribution >= 0.6 is 0 Å². The predicted molar refractivity (Wildman–Crippen MR) is 85.6 cm³/mol. The van der Waals surface area contributed by atoms with E-state index in [0.717, 1.165) is 25.7 Å². The molecule has 1 heterocycles. The quantitative estimate of drug-likeness (QED) is 0.633. The molecule has 1 atom stereocenters. The van der Waals surface area contributed by atoms with Crippen LogP contribution in [0.15, 0.2) is 12.1 Å². The summed E-state index contributed by atoms with van der Waals surface area (Å²) in [5.41, 5.74) is 6.43. The molecule has 7 heteroatoms. The van der Waals surface area contributed by atoms with E-state index in [-0.39, 0.29) is 11.8 Å². The van der Waals surface area contributed by atoms with Gasteiger partial charge in [-0.15, -0.1) is 0 Å². The lowest BCUT2D eigenvalue weighted by molar-refractivity contribution is -0.128. The average Bonchev–Trinajstić information content (AvgIpc) is 2.95. The zero-order valence-electron chi connectivity index (χ0n) is 13.9. The van der Waals surface area contributed by atoms with Crippen LogP contribution in [0.5, 0.6) is 11.5 Å². The Morgan fingerprint density at radius 3 is 2.58 bits per heavy atom. The van der Waals surface area contributed by atoms with Crippen molar-refractivity contribution in [2.45, 2.75) is 38.3 Å². The minimum Gasteiger partial charge on any atom is -0.493 e. The number of amides is 1. The molecule has 1 saturated carbocycles. The summed E-state index contributed by atoms with van der Waals surface area (Å²) in [5.74, 6) is 0.251. The Balaban J connectivity index is 1.71. The SMILES string of the molecule is COc1ccc2c(c1OC)C(=O)O[C@@H]2NNC(=O)C1CCCCC1. The van der Waals surface area contributed by atoms with Crippen molar-refractivity contribution in [3.05, 3.63) is 23.3 Å². The van der Waals surface area contributed by atoms with Crippen LogP contribution in [0, 0.1) is 5.92 Å². The Labute approximate surface area is 140 Å². The fourth-order valence-corrected chi connectivity index (χ4v) is 3.31. The van der Waals surface area contributed by atoms with Crippen LogP contribution in [0.4, 0.5) is 0 Å². The third-order valence-electron chi connectivity index (χ3n) is 4.59. The van der Waals surface area contributed by atoms with E-state index in [1.807, 2.05) is 0 Å².